The molecule has 1 amide bonds. The van der Waals surface area contributed by atoms with Gasteiger partial charge in [-0.1, -0.05) is 0 Å². The second kappa shape index (κ2) is 4.94. The highest BCUT2D eigenvalue weighted by Crippen LogP contribution is 2.37. The summed E-state index contributed by atoms with van der Waals surface area (Å²) in [6.07, 6.45) is 5.91. The topological polar surface area (TPSA) is 26.8 Å². The third-order valence-electron chi connectivity index (χ3n) is 4.33. The predicted molar refractivity (Wildman–Crippen MR) is 68.9 cm³/mol. The van der Waals surface area contributed by atoms with E-state index in [2.05, 4.69) is 30.9 Å². The Kier molecular flexibility index (Phi) is 3.73. The minimum absolute atomic E-state index is 0.282. The van der Waals surface area contributed by atoms with Crippen LogP contribution >= 0.6 is 0 Å². The Hall–Kier alpha value is -0.610. The summed E-state index contributed by atoms with van der Waals surface area (Å²) >= 11 is 0. The number of amides is 1. The van der Waals surface area contributed by atoms with Crippen LogP contribution in [0.5, 0.6) is 0 Å². The van der Waals surface area contributed by atoms with Crippen LogP contribution < -0.4 is 0 Å². The van der Waals surface area contributed by atoms with E-state index in [-0.39, 0.29) is 5.54 Å². The fourth-order valence-electron chi connectivity index (χ4n) is 3.11. The normalized spacial score (nSPS) is 24.4. The molecule has 4 heteroatoms. The molecule has 1 aliphatic heterocycles. The molecule has 0 radical (unpaired) electrons. The van der Waals surface area contributed by atoms with Gasteiger partial charge in [-0.25, -0.2) is 0 Å². The summed E-state index contributed by atoms with van der Waals surface area (Å²) in [5.41, 5.74) is 0.282. The van der Waals surface area contributed by atoms with Crippen molar-refractivity contribution in [2.45, 2.75) is 37.3 Å². The first-order valence-electron chi connectivity index (χ1n) is 6.64. The minimum Gasteiger partial charge on any atom is -0.345 e. The number of nitrogens with zero attached hydrogens (tertiary/aromatic N) is 3. The number of carbonyl (C=O) groups excluding carboxylic acids is 1. The van der Waals surface area contributed by atoms with E-state index in [9.17, 15) is 4.79 Å². The van der Waals surface area contributed by atoms with E-state index in [1.807, 2.05) is 4.90 Å². The molecule has 1 aliphatic carbocycles. The molecule has 0 aromatic rings. The molecule has 0 aromatic heterocycles. The van der Waals surface area contributed by atoms with Gasteiger partial charge in [0, 0.05) is 31.2 Å². The van der Waals surface area contributed by atoms with Crippen molar-refractivity contribution in [3.05, 3.63) is 0 Å². The largest absolute Gasteiger partial charge is 0.345 e. The van der Waals surface area contributed by atoms with Crippen LogP contribution in [0.15, 0.2) is 0 Å². The summed E-state index contributed by atoms with van der Waals surface area (Å²) in [5, 5.41) is 0. The van der Waals surface area contributed by atoms with E-state index >= 15 is 0 Å². The first-order chi connectivity index (χ1) is 8.07. The van der Waals surface area contributed by atoms with Gasteiger partial charge < -0.3 is 9.80 Å². The van der Waals surface area contributed by atoms with Gasteiger partial charge in [-0.2, -0.15) is 0 Å². The maximum Gasteiger partial charge on any atom is 0.209 e. The van der Waals surface area contributed by atoms with Crippen LogP contribution in [0.4, 0.5) is 0 Å². The van der Waals surface area contributed by atoms with Crippen molar-refractivity contribution in [3.8, 4) is 0 Å². The lowest BCUT2D eigenvalue weighted by Crippen LogP contribution is -2.59. The van der Waals surface area contributed by atoms with Crippen LogP contribution in [0.2, 0.25) is 0 Å². The molecule has 4 nitrogen and oxygen atoms in total. The number of carbonyl (C=O) groups is 1. The lowest BCUT2D eigenvalue weighted by molar-refractivity contribution is -0.121. The molecule has 0 unspecified atom stereocenters. The SMILES string of the molecule is CN(C)CC1(N(C)C2CC2)CCN(C=O)CC1. The minimum atomic E-state index is 0.282. The van der Waals surface area contributed by atoms with Crippen molar-refractivity contribution >= 4 is 6.41 Å². The zero-order chi connectivity index (χ0) is 12.5. The molecule has 1 saturated carbocycles. The number of piperidine rings is 1. The van der Waals surface area contributed by atoms with E-state index in [1.54, 1.807) is 0 Å². The van der Waals surface area contributed by atoms with Crippen molar-refractivity contribution in [2.24, 2.45) is 0 Å². The molecule has 2 aliphatic rings. The zero-order valence-electron chi connectivity index (χ0n) is 11.4. The number of likely N-dealkylation sites (tertiary alicyclic amines) is 1. The van der Waals surface area contributed by atoms with Gasteiger partial charge in [0.1, 0.15) is 0 Å². The molecule has 1 heterocycles. The number of likely N-dealkylation sites (N-methyl/N-ethyl adjacent to an activating group) is 2. The molecule has 2 fully saturated rings. The van der Waals surface area contributed by atoms with Gasteiger partial charge in [-0.15, -0.1) is 0 Å². The molecule has 0 spiro atoms. The zero-order valence-corrected chi connectivity index (χ0v) is 11.4. The van der Waals surface area contributed by atoms with Crippen LogP contribution in [-0.4, -0.2) is 73.5 Å². The van der Waals surface area contributed by atoms with Gasteiger partial charge >= 0.3 is 0 Å². The van der Waals surface area contributed by atoms with E-state index in [4.69, 9.17) is 0 Å². The quantitative estimate of drug-likeness (QED) is 0.659. The predicted octanol–water partition coefficient (Wildman–Crippen LogP) is 0.633. The van der Waals surface area contributed by atoms with Crippen LogP contribution in [0.1, 0.15) is 25.7 Å². The Balaban J connectivity index is 2.04. The highest BCUT2D eigenvalue weighted by atomic mass is 16.1. The van der Waals surface area contributed by atoms with Crippen LogP contribution in [0.25, 0.3) is 0 Å². The Labute approximate surface area is 105 Å². The van der Waals surface area contributed by atoms with Crippen LogP contribution in [0, 0.1) is 0 Å². The fraction of sp³-hybridized carbons (Fsp3) is 0.923. The molecular formula is C13H25N3O. The van der Waals surface area contributed by atoms with Gasteiger partial charge in [0.15, 0.2) is 0 Å². The highest BCUT2D eigenvalue weighted by molar-refractivity contribution is 5.47. The Morgan fingerprint density at radius 1 is 1.24 bits per heavy atom. The maximum atomic E-state index is 10.8. The molecule has 17 heavy (non-hydrogen) atoms. The summed E-state index contributed by atoms with van der Waals surface area (Å²) in [4.78, 5) is 17.6. The Morgan fingerprint density at radius 2 is 1.82 bits per heavy atom. The molecule has 0 atom stereocenters. The van der Waals surface area contributed by atoms with Crippen molar-refractivity contribution in [2.75, 3.05) is 40.8 Å². The second-order valence-electron chi connectivity index (χ2n) is 5.95. The number of hydrogen-bond acceptors (Lipinski definition) is 3. The standard InChI is InChI=1S/C13H25N3O/c1-14(2)10-13(15(3)12-4-5-12)6-8-16(11-17)9-7-13/h11-12H,4-10H2,1-3H3. The van der Waals surface area contributed by atoms with Gasteiger partial charge in [0.05, 0.1) is 0 Å². The maximum absolute atomic E-state index is 10.8. The van der Waals surface area contributed by atoms with Crippen molar-refractivity contribution < 1.29 is 4.79 Å². The molecule has 1 saturated heterocycles. The average Bonchev–Trinajstić information content (AvgIpc) is 3.12. The summed E-state index contributed by atoms with van der Waals surface area (Å²) in [5.74, 6) is 0. The average molecular weight is 239 g/mol. The first-order valence-corrected chi connectivity index (χ1v) is 6.64. The van der Waals surface area contributed by atoms with E-state index in [1.165, 1.54) is 12.8 Å². The summed E-state index contributed by atoms with van der Waals surface area (Å²) in [6.45, 7) is 2.93. The first kappa shape index (κ1) is 12.8. The van der Waals surface area contributed by atoms with Crippen LogP contribution in [-0.2, 0) is 4.79 Å². The van der Waals surface area contributed by atoms with Gasteiger partial charge in [-0.05, 0) is 46.8 Å². The van der Waals surface area contributed by atoms with Crippen LogP contribution in [0.3, 0.4) is 0 Å². The molecule has 0 aromatic carbocycles. The third kappa shape index (κ3) is 2.80. The fourth-order valence-corrected chi connectivity index (χ4v) is 3.11. The third-order valence-corrected chi connectivity index (χ3v) is 4.33. The van der Waals surface area contributed by atoms with Crippen molar-refractivity contribution in [3.63, 3.8) is 0 Å². The summed E-state index contributed by atoms with van der Waals surface area (Å²) < 4.78 is 0. The van der Waals surface area contributed by atoms with Gasteiger partial charge in [-0.3, -0.25) is 9.69 Å². The second-order valence-corrected chi connectivity index (χ2v) is 5.95. The molecule has 0 N–H and O–H groups in total. The van der Waals surface area contributed by atoms with Crippen molar-refractivity contribution in [1.29, 1.82) is 0 Å². The summed E-state index contributed by atoms with van der Waals surface area (Å²) in [6, 6.07) is 0.790. The van der Waals surface area contributed by atoms with E-state index in [0.29, 0.717) is 0 Å². The highest BCUT2D eigenvalue weighted by Gasteiger charge is 2.43. The Morgan fingerprint density at radius 3 is 2.24 bits per heavy atom. The monoisotopic (exact) mass is 239 g/mol. The van der Waals surface area contributed by atoms with Crippen molar-refractivity contribution in [1.82, 2.24) is 14.7 Å². The number of rotatable bonds is 5. The van der Waals surface area contributed by atoms with Gasteiger partial charge in [0.25, 0.3) is 0 Å². The summed E-state index contributed by atoms with van der Waals surface area (Å²) in [7, 11) is 6.57. The molecular weight excluding hydrogens is 214 g/mol. The molecule has 0 bridgehead atoms. The molecule has 2 rings (SSSR count). The van der Waals surface area contributed by atoms with Gasteiger partial charge in [0.2, 0.25) is 6.41 Å². The lowest BCUT2D eigenvalue weighted by Gasteiger charge is -2.48. The van der Waals surface area contributed by atoms with E-state index < -0.39 is 0 Å². The van der Waals surface area contributed by atoms with E-state index in [0.717, 1.165) is 44.9 Å². The lowest BCUT2D eigenvalue weighted by atomic mass is 9.85. The smallest absolute Gasteiger partial charge is 0.209 e. The molecule has 98 valence electrons. The Bertz CT molecular complexity index is 268. The number of hydrogen-bond donors (Lipinski definition) is 0.